The Morgan fingerprint density at radius 1 is 1.15 bits per heavy atom. The second kappa shape index (κ2) is 7.11. The Morgan fingerprint density at radius 3 is 2.33 bits per heavy atom. The Hall–Kier alpha value is -2.74. The van der Waals surface area contributed by atoms with Crippen LogP contribution in [0.4, 0.5) is 8.78 Å². The Balaban J connectivity index is 2.09. The molecular weight excluding hydrogens is 374 g/mol. The highest BCUT2D eigenvalue weighted by molar-refractivity contribution is 8.14. The fourth-order valence-electron chi connectivity index (χ4n) is 2.50. The van der Waals surface area contributed by atoms with Gasteiger partial charge in [0.2, 0.25) is 0 Å². The molecule has 1 N–H and O–H groups in total. The second-order valence-corrected chi connectivity index (χ2v) is 8.78. The molecule has 1 unspecified atom stereocenters. The zero-order valence-electron chi connectivity index (χ0n) is 14.7. The highest BCUT2D eigenvalue weighted by Crippen LogP contribution is 2.25. The van der Waals surface area contributed by atoms with Crippen molar-refractivity contribution in [3.63, 3.8) is 0 Å². The summed E-state index contributed by atoms with van der Waals surface area (Å²) in [6.07, 6.45) is 0.132. The van der Waals surface area contributed by atoms with Crippen molar-refractivity contribution in [2.45, 2.75) is 25.9 Å². The number of amides is 1. The molecule has 142 valence electrons. The van der Waals surface area contributed by atoms with E-state index < -0.39 is 38.4 Å². The van der Waals surface area contributed by atoms with Crippen LogP contribution in [0.25, 0.3) is 0 Å². The van der Waals surface area contributed by atoms with Crippen LogP contribution in [-0.4, -0.2) is 26.1 Å². The molecule has 0 spiro atoms. The summed E-state index contributed by atoms with van der Waals surface area (Å²) in [6.45, 7) is 3.46. The maximum atomic E-state index is 14.1. The number of rotatable bonds is 2. The Bertz CT molecular complexity index is 1010. The summed E-state index contributed by atoms with van der Waals surface area (Å²) in [7, 11) is -3.56. The molecule has 2 aromatic carbocycles. The lowest BCUT2D eigenvalue weighted by molar-refractivity contribution is 0.0123. The maximum absolute atomic E-state index is 14.1. The molecule has 2 aromatic rings. The molecule has 0 aliphatic carbocycles. The van der Waals surface area contributed by atoms with Crippen molar-refractivity contribution in [1.82, 2.24) is 4.72 Å². The average molecular weight is 392 g/mol. The molecule has 0 radical (unpaired) electrons. The molecule has 1 amide bonds. The summed E-state index contributed by atoms with van der Waals surface area (Å²) < 4.78 is 44.2. The number of carbonyl (C=O) groups excluding carboxylic acids is 1. The SMILES string of the molecule is CC1(C)CC(S(=O)(=Cc2c(F)cccc2F)NC(=O)c2ccccc2)=NO1. The van der Waals surface area contributed by atoms with E-state index in [1.165, 1.54) is 18.2 Å². The molecule has 1 aliphatic rings. The second-order valence-electron chi connectivity index (χ2n) is 6.66. The highest BCUT2D eigenvalue weighted by atomic mass is 32.2. The van der Waals surface area contributed by atoms with Gasteiger partial charge in [0, 0.05) is 17.4 Å². The van der Waals surface area contributed by atoms with Gasteiger partial charge in [-0.2, -0.15) is 0 Å². The standard InChI is InChI=1S/C19H18F2N2O3S/c1-19(2)11-17(22-26-19)27(25,12-14-15(20)9-6-10-16(14)21)23-18(24)13-7-4-3-5-8-13/h3-10,12H,11H2,1-2H3,(H,23,24,25). The van der Waals surface area contributed by atoms with Gasteiger partial charge in [-0.1, -0.05) is 29.4 Å². The molecule has 0 aromatic heterocycles. The number of hydrogen-bond donors (Lipinski definition) is 1. The van der Waals surface area contributed by atoms with Crippen molar-refractivity contribution in [2.24, 2.45) is 5.16 Å². The Labute approximate surface area is 156 Å². The molecular formula is C19H18F2N2O3S. The van der Waals surface area contributed by atoms with Crippen molar-refractivity contribution in [1.29, 1.82) is 0 Å². The minimum absolute atomic E-state index is 0.0134. The first-order valence-corrected chi connectivity index (χ1v) is 9.77. The van der Waals surface area contributed by atoms with E-state index in [-0.39, 0.29) is 17.0 Å². The highest BCUT2D eigenvalue weighted by Gasteiger charge is 2.35. The van der Waals surface area contributed by atoms with Crippen molar-refractivity contribution >= 4 is 26.0 Å². The number of carbonyl (C=O) groups is 1. The Kier molecular flexibility index (Phi) is 5.01. The third-order valence-electron chi connectivity index (χ3n) is 3.89. The van der Waals surface area contributed by atoms with Crippen molar-refractivity contribution in [3.8, 4) is 0 Å². The summed E-state index contributed by atoms with van der Waals surface area (Å²) in [5, 5.41) is 4.70. The molecule has 0 bridgehead atoms. The summed E-state index contributed by atoms with van der Waals surface area (Å²) in [5.74, 6) is -2.44. The molecule has 8 heteroatoms. The summed E-state index contributed by atoms with van der Waals surface area (Å²) in [5.41, 5.74) is -0.980. The number of nitrogens with zero attached hydrogens (tertiary/aromatic N) is 1. The van der Waals surface area contributed by atoms with Crippen molar-refractivity contribution < 1.29 is 22.6 Å². The van der Waals surface area contributed by atoms with Crippen LogP contribution >= 0.6 is 0 Å². The van der Waals surface area contributed by atoms with Gasteiger partial charge in [0.25, 0.3) is 5.91 Å². The van der Waals surface area contributed by atoms with Gasteiger partial charge in [0.05, 0.1) is 5.56 Å². The predicted molar refractivity (Wildman–Crippen MR) is 101 cm³/mol. The van der Waals surface area contributed by atoms with E-state index in [1.807, 2.05) is 0 Å². The average Bonchev–Trinajstić information content (AvgIpc) is 3.00. The van der Waals surface area contributed by atoms with Gasteiger partial charge in [-0.05, 0) is 38.1 Å². The number of halogens is 2. The zero-order valence-corrected chi connectivity index (χ0v) is 15.6. The zero-order chi connectivity index (χ0) is 19.7. The van der Waals surface area contributed by atoms with Crippen molar-refractivity contribution in [3.05, 3.63) is 71.3 Å². The van der Waals surface area contributed by atoms with Crippen LogP contribution in [0.15, 0.2) is 53.7 Å². The molecule has 0 saturated carbocycles. The van der Waals surface area contributed by atoms with Crippen LogP contribution in [0.3, 0.4) is 0 Å². The predicted octanol–water partition coefficient (Wildman–Crippen LogP) is 3.26. The first kappa shape index (κ1) is 19.0. The van der Waals surface area contributed by atoms with E-state index in [1.54, 1.807) is 32.0 Å². The fraction of sp³-hybridized carbons (Fsp3) is 0.211. The number of oxime groups is 1. The first-order valence-electron chi connectivity index (χ1n) is 8.15. The summed E-state index contributed by atoms with van der Waals surface area (Å²) >= 11 is 0. The topological polar surface area (TPSA) is 67.8 Å². The first-order chi connectivity index (χ1) is 12.7. The van der Waals surface area contributed by atoms with E-state index in [0.717, 1.165) is 17.5 Å². The summed E-state index contributed by atoms with van der Waals surface area (Å²) in [6, 6.07) is 11.4. The van der Waals surface area contributed by atoms with E-state index in [9.17, 15) is 17.8 Å². The monoisotopic (exact) mass is 392 g/mol. The van der Waals surface area contributed by atoms with E-state index in [4.69, 9.17) is 4.84 Å². The molecule has 5 nitrogen and oxygen atoms in total. The Morgan fingerprint density at radius 2 is 1.78 bits per heavy atom. The fourth-order valence-corrected chi connectivity index (χ4v) is 4.47. The van der Waals surface area contributed by atoms with Gasteiger partial charge in [0.15, 0.2) is 5.04 Å². The van der Waals surface area contributed by atoms with Crippen molar-refractivity contribution in [2.75, 3.05) is 0 Å². The molecule has 0 saturated heterocycles. The quantitative estimate of drug-likeness (QED) is 0.798. The molecule has 3 rings (SSSR count). The third-order valence-corrected chi connectivity index (χ3v) is 5.86. The number of nitrogens with one attached hydrogen (secondary N) is 1. The minimum atomic E-state index is -3.56. The minimum Gasteiger partial charge on any atom is -0.389 e. The van der Waals surface area contributed by atoms with Gasteiger partial charge < -0.3 is 4.84 Å². The lowest BCUT2D eigenvalue weighted by Gasteiger charge is -2.16. The van der Waals surface area contributed by atoms with E-state index in [0.29, 0.717) is 0 Å². The van der Waals surface area contributed by atoms with Gasteiger partial charge >= 0.3 is 0 Å². The van der Waals surface area contributed by atoms with Crippen LogP contribution in [-0.2, 0) is 14.5 Å². The molecule has 1 aliphatic heterocycles. The smallest absolute Gasteiger partial charge is 0.262 e. The van der Waals surface area contributed by atoms with Gasteiger partial charge in [0.1, 0.15) is 26.9 Å². The molecule has 0 fully saturated rings. The number of benzene rings is 2. The normalized spacial score (nSPS) is 17.4. The van der Waals surface area contributed by atoms with Gasteiger partial charge in [-0.3, -0.25) is 9.52 Å². The van der Waals surface area contributed by atoms with Crippen LogP contribution < -0.4 is 4.72 Å². The third kappa shape index (κ3) is 4.16. The van der Waals surface area contributed by atoms with Gasteiger partial charge in [-0.25, -0.2) is 13.0 Å². The van der Waals surface area contributed by atoms with Crippen LogP contribution in [0.5, 0.6) is 0 Å². The molecule has 1 atom stereocenters. The van der Waals surface area contributed by atoms with E-state index >= 15 is 0 Å². The lowest BCUT2D eigenvalue weighted by Crippen LogP contribution is -2.38. The molecule has 27 heavy (non-hydrogen) atoms. The molecule has 1 heterocycles. The van der Waals surface area contributed by atoms with Crippen LogP contribution in [0.2, 0.25) is 0 Å². The maximum Gasteiger partial charge on any atom is 0.262 e. The largest absolute Gasteiger partial charge is 0.389 e. The lowest BCUT2D eigenvalue weighted by atomic mass is 10.1. The van der Waals surface area contributed by atoms with Crippen LogP contribution in [0, 0.1) is 11.6 Å². The number of hydrogen-bond acceptors (Lipinski definition) is 4. The summed E-state index contributed by atoms with van der Waals surface area (Å²) in [4.78, 5) is 17.8. The van der Waals surface area contributed by atoms with Crippen LogP contribution in [0.1, 0.15) is 36.2 Å². The van der Waals surface area contributed by atoms with Gasteiger partial charge in [-0.15, -0.1) is 0 Å². The van der Waals surface area contributed by atoms with E-state index in [2.05, 4.69) is 9.88 Å².